The number of thioether (sulfide) groups is 1. The zero-order valence-corrected chi connectivity index (χ0v) is 17.8. The van der Waals surface area contributed by atoms with Gasteiger partial charge in [0.25, 0.3) is 0 Å². The monoisotopic (exact) mass is 409 g/mol. The first-order valence-corrected chi connectivity index (χ1v) is 11.8. The van der Waals surface area contributed by atoms with Gasteiger partial charge in [0.2, 0.25) is 10.0 Å². The van der Waals surface area contributed by atoms with E-state index in [1.54, 1.807) is 12.1 Å². The number of aromatic nitrogens is 2. The van der Waals surface area contributed by atoms with Gasteiger partial charge in [0.1, 0.15) is 5.78 Å². The number of fused-ring (bicyclic) bond motifs is 1. The summed E-state index contributed by atoms with van der Waals surface area (Å²) in [5.74, 6) is 0.302. The van der Waals surface area contributed by atoms with E-state index in [2.05, 4.69) is 11.5 Å². The van der Waals surface area contributed by atoms with Crippen molar-refractivity contribution in [1.82, 2.24) is 13.9 Å². The first-order valence-electron chi connectivity index (χ1n) is 9.46. The number of carbonyl (C=O) groups is 1. The van der Waals surface area contributed by atoms with Crippen LogP contribution in [0.1, 0.15) is 45.4 Å². The van der Waals surface area contributed by atoms with Gasteiger partial charge in [-0.3, -0.25) is 4.79 Å². The van der Waals surface area contributed by atoms with Gasteiger partial charge in [-0.1, -0.05) is 31.5 Å². The average Bonchev–Trinajstić information content (AvgIpc) is 2.98. The van der Waals surface area contributed by atoms with Crippen LogP contribution in [-0.4, -0.2) is 47.4 Å². The largest absolute Gasteiger partial charge is 0.319 e. The van der Waals surface area contributed by atoms with Crippen molar-refractivity contribution in [3.8, 4) is 0 Å². The Kier molecular flexibility index (Phi) is 6.28. The van der Waals surface area contributed by atoms with E-state index in [0.29, 0.717) is 17.7 Å². The number of ketones is 1. The van der Waals surface area contributed by atoms with Crippen LogP contribution in [0, 0.1) is 0 Å². The van der Waals surface area contributed by atoms with E-state index < -0.39 is 10.0 Å². The molecule has 1 unspecified atom stereocenters. The maximum Gasteiger partial charge on any atom is 0.242 e. The minimum absolute atomic E-state index is 0.0408. The molecule has 1 aromatic carbocycles. The molecule has 1 aromatic heterocycles. The van der Waals surface area contributed by atoms with Crippen LogP contribution in [0.15, 0.2) is 28.3 Å². The summed E-state index contributed by atoms with van der Waals surface area (Å²) in [5.41, 5.74) is 1.59. The SMILES string of the molecule is CCCCn1c(SC2CCCCC2=O)nc2cc(S(=O)(=O)N(C)C)ccc21. The Morgan fingerprint density at radius 2 is 2.07 bits per heavy atom. The van der Waals surface area contributed by atoms with Gasteiger partial charge >= 0.3 is 0 Å². The Morgan fingerprint density at radius 1 is 1.30 bits per heavy atom. The molecule has 1 fully saturated rings. The number of sulfonamides is 1. The molecule has 0 radical (unpaired) electrons. The van der Waals surface area contributed by atoms with E-state index in [0.717, 1.165) is 49.3 Å². The number of rotatable bonds is 7. The molecule has 0 saturated heterocycles. The summed E-state index contributed by atoms with van der Waals surface area (Å²) in [6.45, 7) is 2.95. The summed E-state index contributed by atoms with van der Waals surface area (Å²) in [7, 11) is -0.455. The van der Waals surface area contributed by atoms with Gasteiger partial charge in [-0.05, 0) is 37.5 Å². The Labute approximate surface area is 165 Å². The molecular formula is C19H27N3O3S2. The predicted molar refractivity (Wildman–Crippen MR) is 109 cm³/mol. The zero-order chi connectivity index (χ0) is 19.6. The molecular weight excluding hydrogens is 382 g/mol. The first-order chi connectivity index (χ1) is 12.8. The summed E-state index contributed by atoms with van der Waals surface area (Å²) >= 11 is 1.54. The van der Waals surface area contributed by atoms with Crippen LogP contribution in [0.3, 0.4) is 0 Å². The molecule has 1 aliphatic rings. The van der Waals surface area contributed by atoms with Crippen molar-refractivity contribution in [2.45, 2.75) is 67.3 Å². The molecule has 27 heavy (non-hydrogen) atoms. The smallest absolute Gasteiger partial charge is 0.242 e. The van der Waals surface area contributed by atoms with Gasteiger partial charge < -0.3 is 4.57 Å². The quantitative estimate of drug-likeness (QED) is 0.697. The fraction of sp³-hybridized carbons (Fsp3) is 0.579. The van der Waals surface area contributed by atoms with Crippen molar-refractivity contribution in [3.05, 3.63) is 18.2 Å². The summed E-state index contributed by atoms with van der Waals surface area (Å²) in [6.07, 6.45) is 5.66. The number of hydrogen-bond acceptors (Lipinski definition) is 5. The molecule has 1 saturated carbocycles. The van der Waals surface area contributed by atoms with Crippen LogP contribution in [-0.2, 0) is 21.4 Å². The highest BCUT2D eigenvalue weighted by atomic mass is 32.2. The van der Waals surface area contributed by atoms with E-state index in [4.69, 9.17) is 4.98 Å². The first kappa shape index (κ1) is 20.4. The van der Waals surface area contributed by atoms with Crippen molar-refractivity contribution < 1.29 is 13.2 Å². The third-order valence-corrected chi connectivity index (χ3v) is 8.06. The summed E-state index contributed by atoms with van der Waals surface area (Å²) < 4.78 is 28.2. The molecule has 3 rings (SSSR count). The number of Topliss-reactive ketones (excluding diaryl/α,β-unsaturated/α-hetero) is 1. The second-order valence-electron chi connectivity index (χ2n) is 7.16. The normalized spacial score (nSPS) is 18.5. The van der Waals surface area contributed by atoms with Crippen LogP contribution < -0.4 is 0 Å². The number of imidazole rings is 1. The standard InChI is InChI=1S/C19H27N3O3S2/c1-4-5-12-22-16-11-10-14(27(24,25)21(2)3)13-15(16)20-19(22)26-18-9-7-6-8-17(18)23/h10-11,13,18H,4-9,12H2,1-3H3. The number of nitrogens with zero attached hydrogens (tertiary/aromatic N) is 3. The number of hydrogen-bond donors (Lipinski definition) is 0. The zero-order valence-electron chi connectivity index (χ0n) is 16.1. The van der Waals surface area contributed by atoms with E-state index in [9.17, 15) is 13.2 Å². The fourth-order valence-corrected chi connectivity index (χ4v) is 5.46. The number of aryl methyl sites for hydroxylation is 1. The molecule has 0 bridgehead atoms. The average molecular weight is 410 g/mol. The molecule has 1 heterocycles. The van der Waals surface area contributed by atoms with Crippen LogP contribution in [0.4, 0.5) is 0 Å². The van der Waals surface area contributed by atoms with Gasteiger partial charge in [0.15, 0.2) is 5.16 Å². The van der Waals surface area contributed by atoms with E-state index in [1.807, 2.05) is 6.07 Å². The van der Waals surface area contributed by atoms with Crippen LogP contribution in [0.5, 0.6) is 0 Å². The number of unbranched alkanes of at least 4 members (excludes halogenated alkanes) is 1. The third kappa shape index (κ3) is 4.22. The maximum absolute atomic E-state index is 12.4. The highest BCUT2D eigenvalue weighted by Crippen LogP contribution is 2.34. The Balaban J connectivity index is 2.02. The van der Waals surface area contributed by atoms with Crippen molar-refractivity contribution in [2.75, 3.05) is 14.1 Å². The molecule has 0 spiro atoms. The lowest BCUT2D eigenvalue weighted by molar-refractivity contribution is -0.119. The summed E-state index contributed by atoms with van der Waals surface area (Å²) in [4.78, 5) is 17.2. The molecule has 0 aliphatic heterocycles. The second kappa shape index (κ2) is 8.32. The highest BCUT2D eigenvalue weighted by Gasteiger charge is 2.26. The minimum Gasteiger partial charge on any atom is -0.319 e. The lowest BCUT2D eigenvalue weighted by atomic mass is 9.99. The van der Waals surface area contributed by atoms with Crippen molar-refractivity contribution in [2.24, 2.45) is 0 Å². The van der Waals surface area contributed by atoms with E-state index in [1.165, 1.54) is 30.2 Å². The molecule has 1 atom stereocenters. The number of carbonyl (C=O) groups excluding carboxylic acids is 1. The molecule has 6 nitrogen and oxygen atoms in total. The maximum atomic E-state index is 12.4. The summed E-state index contributed by atoms with van der Waals surface area (Å²) in [6, 6.07) is 5.11. The Bertz CT molecular complexity index is 935. The van der Waals surface area contributed by atoms with Gasteiger partial charge in [-0.25, -0.2) is 17.7 Å². The molecule has 148 valence electrons. The minimum atomic E-state index is -3.50. The van der Waals surface area contributed by atoms with Gasteiger partial charge in [-0.15, -0.1) is 0 Å². The Morgan fingerprint density at radius 3 is 2.74 bits per heavy atom. The Hall–Kier alpha value is -1.38. The topological polar surface area (TPSA) is 72.3 Å². The third-order valence-electron chi connectivity index (χ3n) is 4.94. The molecule has 8 heteroatoms. The lowest BCUT2D eigenvalue weighted by Gasteiger charge is -2.20. The van der Waals surface area contributed by atoms with Crippen LogP contribution in [0.2, 0.25) is 0 Å². The molecule has 0 N–H and O–H groups in total. The fourth-order valence-electron chi connectivity index (χ4n) is 3.28. The second-order valence-corrected chi connectivity index (χ2v) is 10.5. The van der Waals surface area contributed by atoms with Crippen molar-refractivity contribution in [3.63, 3.8) is 0 Å². The van der Waals surface area contributed by atoms with Gasteiger partial charge in [-0.2, -0.15) is 0 Å². The van der Waals surface area contributed by atoms with E-state index >= 15 is 0 Å². The van der Waals surface area contributed by atoms with Gasteiger partial charge in [0.05, 0.1) is 21.2 Å². The molecule has 0 amide bonds. The van der Waals surface area contributed by atoms with E-state index in [-0.39, 0.29) is 10.1 Å². The van der Waals surface area contributed by atoms with Crippen LogP contribution in [0.25, 0.3) is 11.0 Å². The highest BCUT2D eigenvalue weighted by molar-refractivity contribution is 8.00. The lowest BCUT2D eigenvalue weighted by Crippen LogP contribution is -2.22. The van der Waals surface area contributed by atoms with Crippen molar-refractivity contribution >= 4 is 38.6 Å². The molecule has 2 aromatic rings. The van der Waals surface area contributed by atoms with Crippen molar-refractivity contribution in [1.29, 1.82) is 0 Å². The summed E-state index contributed by atoms with van der Waals surface area (Å²) in [5, 5.41) is 0.777. The predicted octanol–water partition coefficient (Wildman–Crippen LogP) is 3.69. The number of benzene rings is 1. The van der Waals surface area contributed by atoms with Gasteiger partial charge in [0, 0.05) is 27.1 Å². The van der Waals surface area contributed by atoms with Crippen LogP contribution >= 0.6 is 11.8 Å². The molecule has 1 aliphatic carbocycles.